The van der Waals surface area contributed by atoms with Gasteiger partial charge in [-0.3, -0.25) is 0 Å². The fourth-order valence-electron chi connectivity index (χ4n) is 3.78. The van der Waals surface area contributed by atoms with E-state index in [2.05, 4.69) is 5.32 Å². The second-order valence-electron chi connectivity index (χ2n) is 6.31. The molecular weight excluding hydrogens is 298 g/mol. The molecule has 3 rings (SSSR count). The quantitative estimate of drug-likeness (QED) is 0.826. The normalized spacial score (nSPS) is 27.5. The first-order valence-corrected chi connectivity index (χ1v) is 7.79. The second-order valence-corrected chi connectivity index (χ2v) is 6.31. The topological polar surface area (TPSA) is 84.9 Å². The highest BCUT2D eigenvalue weighted by molar-refractivity contribution is 5.89. The van der Waals surface area contributed by atoms with E-state index in [1.165, 1.54) is 7.11 Å². The molecule has 2 fully saturated rings. The van der Waals surface area contributed by atoms with Gasteiger partial charge in [-0.05, 0) is 18.4 Å². The average molecular weight is 319 g/mol. The summed E-state index contributed by atoms with van der Waals surface area (Å²) in [5.41, 5.74) is -0.916. The fraction of sp³-hybridized carbons (Fsp3) is 0.529. The molecule has 0 aliphatic heterocycles. The van der Waals surface area contributed by atoms with Crippen molar-refractivity contribution in [3.8, 4) is 0 Å². The highest BCUT2D eigenvalue weighted by Gasteiger charge is 2.72. The van der Waals surface area contributed by atoms with Crippen LogP contribution in [0.2, 0.25) is 0 Å². The Morgan fingerprint density at radius 3 is 2.52 bits per heavy atom. The van der Waals surface area contributed by atoms with Gasteiger partial charge in [0.25, 0.3) is 0 Å². The van der Waals surface area contributed by atoms with Gasteiger partial charge in [0.1, 0.15) is 6.61 Å². The third-order valence-corrected chi connectivity index (χ3v) is 5.30. The number of benzene rings is 1. The Labute approximate surface area is 134 Å². The molecule has 1 aromatic carbocycles. The Balaban J connectivity index is 1.68. The van der Waals surface area contributed by atoms with Gasteiger partial charge in [-0.1, -0.05) is 36.8 Å². The molecule has 0 radical (unpaired) electrons. The first kappa shape index (κ1) is 15.8. The third-order valence-electron chi connectivity index (χ3n) is 5.30. The molecule has 23 heavy (non-hydrogen) atoms. The zero-order chi connectivity index (χ0) is 16.5. The maximum absolute atomic E-state index is 12.3. The summed E-state index contributed by atoms with van der Waals surface area (Å²) in [6, 6.07) is 9.30. The average Bonchev–Trinajstić information content (AvgIpc) is 2.50. The standard InChI is InChI=1S/C17H21NO5/c1-22-14(20)17(10-13(19)16(17)8-5-9-16)18-15(21)23-11-12-6-3-2-4-7-12/h2-4,6-7,13,19H,5,8-11H2,1H3,(H,18,21)/t13-,17+/m0/s1. The van der Waals surface area contributed by atoms with Gasteiger partial charge in [-0.25, -0.2) is 9.59 Å². The van der Waals surface area contributed by atoms with Crippen LogP contribution in [0.4, 0.5) is 4.79 Å². The van der Waals surface area contributed by atoms with Gasteiger partial charge in [0.15, 0.2) is 5.54 Å². The van der Waals surface area contributed by atoms with E-state index in [1.54, 1.807) is 0 Å². The van der Waals surface area contributed by atoms with Gasteiger partial charge in [-0.15, -0.1) is 0 Å². The van der Waals surface area contributed by atoms with Gasteiger partial charge < -0.3 is 19.9 Å². The number of alkyl carbamates (subject to hydrolysis) is 1. The molecule has 0 aromatic heterocycles. The number of methoxy groups -OCH3 is 1. The molecule has 0 bridgehead atoms. The number of hydrogen-bond acceptors (Lipinski definition) is 5. The predicted octanol–water partition coefficient (Wildman–Crippen LogP) is 1.76. The zero-order valence-corrected chi connectivity index (χ0v) is 13.1. The lowest BCUT2D eigenvalue weighted by Gasteiger charge is -2.64. The molecule has 1 spiro atoms. The van der Waals surface area contributed by atoms with Crippen LogP contribution in [-0.2, 0) is 20.9 Å². The summed E-state index contributed by atoms with van der Waals surface area (Å²) in [5.74, 6) is -0.515. The highest BCUT2D eigenvalue weighted by atomic mass is 16.6. The van der Waals surface area contributed by atoms with Gasteiger partial charge in [0.05, 0.1) is 13.2 Å². The molecule has 2 atom stereocenters. The molecular formula is C17H21NO5. The van der Waals surface area contributed by atoms with Gasteiger partial charge in [0, 0.05) is 11.8 Å². The van der Waals surface area contributed by atoms with E-state index < -0.39 is 29.1 Å². The van der Waals surface area contributed by atoms with E-state index >= 15 is 0 Å². The van der Waals surface area contributed by atoms with Crippen LogP contribution in [-0.4, -0.2) is 35.9 Å². The molecule has 0 saturated heterocycles. The molecule has 0 heterocycles. The van der Waals surface area contributed by atoms with Gasteiger partial charge in [-0.2, -0.15) is 0 Å². The summed E-state index contributed by atoms with van der Waals surface area (Å²) in [4.78, 5) is 24.4. The Kier molecular flexibility index (Phi) is 4.02. The lowest BCUT2D eigenvalue weighted by molar-refractivity contribution is -0.214. The molecule has 1 amide bonds. The Bertz CT molecular complexity index is 598. The van der Waals surface area contributed by atoms with E-state index in [-0.39, 0.29) is 13.0 Å². The van der Waals surface area contributed by atoms with E-state index in [9.17, 15) is 14.7 Å². The number of aliphatic hydroxyl groups excluding tert-OH is 1. The van der Waals surface area contributed by atoms with E-state index in [1.807, 2.05) is 30.3 Å². The summed E-state index contributed by atoms with van der Waals surface area (Å²) >= 11 is 0. The van der Waals surface area contributed by atoms with E-state index in [0.29, 0.717) is 12.8 Å². The minimum absolute atomic E-state index is 0.124. The molecule has 2 aliphatic carbocycles. The number of esters is 1. The van der Waals surface area contributed by atoms with E-state index in [4.69, 9.17) is 9.47 Å². The van der Waals surface area contributed by atoms with Crippen LogP contribution in [0.25, 0.3) is 0 Å². The van der Waals surface area contributed by atoms with Crippen LogP contribution >= 0.6 is 0 Å². The summed E-state index contributed by atoms with van der Waals surface area (Å²) in [5, 5.41) is 12.8. The maximum Gasteiger partial charge on any atom is 0.408 e. The van der Waals surface area contributed by atoms with Crippen molar-refractivity contribution in [2.45, 2.75) is 43.9 Å². The van der Waals surface area contributed by atoms with Crippen molar-refractivity contribution in [1.82, 2.24) is 5.32 Å². The number of rotatable bonds is 4. The van der Waals surface area contributed by atoms with Crippen molar-refractivity contribution < 1.29 is 24.2 Å². The third kappa shape index (κ3) is 2.37. The number of carbonyl (C=O) groups excluding carboxylic acids is 2. The minimum atomic E-state index is -1.17. The summed E-state index contributed by atoms with van der Waals surface area (Å²) in [6.45, 7) is 0.124. The molecule has 2 N–H and O–H groups in total. The van der Waals surface area contributed by atoms with Crippen LogP contribution in [0.1, 0.15) is 31.2 Å². The number of hydrogen-bond donors (Lipinski definition) is 2. The van der Waals surface area contributed by atoms with Crippen molar-refractivity contribution >= 4 is 12.1 Å². The van der Waals surface area contributed by atoms with E-state index in [0.717, 1.165) is 12.0 Å². The lowest BCUT2D eigenvalue weighted by atomic mass is 9.43. The summed E-state index contributed by atoms with van der Waals surface area (Å²) in [7, 11) is 1.29. The number of nitrogens with one attached hydrogen (secondary N) is 1. The van der Waals surface area contributed by atoms with Gasteiger partial charge >= 0.3 is 12.1 Å². The maximum atomic E-state index is 12.3. The monoisotopic (exact) mass is 319 g/mol. The van der Waals surface area contributed by atoms with Crippen LogP contribution in [0.15, 0.2) is 30.3 Å². The largest absolute Gasteiger partial charge is 0.467 e. The minimum Gasteiger partial charge on any atom is -0.467 e. The van der Waals surface area contributed by atoms with Crippen LogP contribution in [0.3, 0.4) is 0 Å². The molecule has 6 nitrogen and oxygen atoms in total. The first-order chi connectivity index (χ1) is 11.0. The van der Waals surface area contributed by atoms with Crippen molar-refractivity contribution in [3.05, 3.63) is 35.9 Å². The number of ether oxygens (including phenoxy) is 2. The molecule has 0 unspecified atom stereocenters. The molecule has 6 heteroatoms. The Morgan fingerprint density at radius 1 is 1.30 bits per heavy atom. The Morgan fingerprint density at radius 2 is 2.00 bits per heavy atom. The SMILES string of the molecule is COC(=O)[C@]1(NC(=O)OCc2ccccc2)C[C@H](O)C12CCC2. The lowest BCUT2D eigenvalue weighted by Crippen LogP contribution is -2.79. The highest BCUT2D eigenvalue weighted by Crippen LogP contribution is 2.62. The molecule has 2 saturated carbocycles. The van der Waals surface area contributed by atoms with Crippen LogP contribution in [0.5, 0.6) is 0 Å². The first-order valence-electron chi connectivity index (χ1n) is 7.79. The number of amides is 1. The molecule has 124 valence electrons. The second kappa shape index (κ2) is 5.85. The number of carbonyl (C=O) groups is 2. The van der Waals surface area contributed by atoms with Crippen molar-refractivity contribution in [2.24, 2.45) is 5.41 Å². The van der Waals surface area contributed by atoms with Crippen molar-refractivity contribution in [3.63, 3.8) is 0 Å². The predicted molar refractivity (Wildman–Crippen MR) is 81.4 cm³/mol. The van der Waals surface area contributed by atoms with Crippen LogP contribution < -0.4 is 5.32 Å². The van der Waals surface area contributed by atoms with Crippen molar-refractivity contribution in [1.29, 1.82) is 0 Å². The van der Waals surface area contributed by atoms with Crippen molar-refractivity contribution in [2.75, 3.05) is 7.11 Å². The number of aliphatic hydroxyl groups is 1. The Hall–Kier alpha value is -2.08. The fourth-order valence-corrected chi connectivity index (χ4v) is 3.78. The summed E-state index contributed by atoms with van der Waals surface area (Å²) in [6.07, 6.45) is 1.23. The smallest absolute Gasteiger partial charge is 0.408 e. The van der Waals surface area contributed by atoms with Gasteiger partial charge in [0.2, 0.25) is 0 Å². The van der Waals surface area contributed by atoms with Crippen LogP contribution in [0, 0.1) is 5.41 Å². The molecule has 1 aromatic rings. The molecule has 2 aliphatic rings. The zero-order valence-electron chi connectivity index (χ0n) is 13.1. The summed E-state index contributed by atoms with van der Waals surface area (Å²) < 4.78 is 10.1.